The van der Waals surface area contributed by atoms with E-state index in [-0.39, 0.29) is 11.9 Å². The van der Waals surface area contributed by atoms with Crippen molar-refractivity contribution in [2.24, 2.45) is 5.92 Å². The van der Waals surface area contributed by atoms with Crippen LogP contribution in [0.15, 0.2) is 28.7 Å². The molecule has 140 valence electrons. The fraction of sp³-hybridized carbons (Fsp3) is 0.600. The lowest BCUT2D eigenvalue weighted by molar-refractivity contribution is -0.144. The molecule has 0 aliphatic heterocycles. The first kappa shape index (κ1) is 21.7. The third-order valence-electron chi connectivity index (χ3n) is 3.63. The zero-order valence-corrected chi connectivity index (χ0v) is 16.8. The quantitative estimate of drug-likeness (QED) is 0.252. The van der Waals surface area contributed by atoms with E-state index in [4.69, 9.17) is 9.47 Å². The van der Waals surface area contributed by atoms with Crippen molar-refractivity contribution in [1.82, 2.24) is 0 Å². The van der Waals surface area contributed by atoms with Gasteiger partial charge in [-0.05, 0) is 43.0 Å². The molecule has 5 heteroatoms. The Morgan fingerprint density at radius 2 is 1.40 bits per heavy atom. The van der Waals surface area contributed by atoms with Crippen molar-refractivity contribution in [2.75, 3.05) is 6.61 Å². The van der Waals surface area contributed by atoms with Gasteiger partial charge in [0.05, 0.1) is 6.61 Å². The Bertz CT molecular complexity index is 511. The highest BCUT2D eigenvalue weighted by atomic mass is 79.9. The van der Waals surface area contributed by atoms with Crippen LogP contribution >= 0.6 is 15.9 Å². The van der Waals surface area contributed by atoms with E-state index in [1.54, 1.807) is 12.1 Å². The van der Waals surface area contributed by atoms with Crippen LogP contribution < -0.4 is 4.74 Å². The Morgan fingerprint density at radius 3 is 1.96 bits per heavy atom. The average Bonchev–Trinajstić information content (AvgIpc) is 2.57. The van der Waals surface area contributed by atoms with Gasteiger partial charge >= 0.3 is 11.9 Å². The molecular formula is C20H29BrO4. The molecule has 0 aromatic heterocycles. The first-order valence-corrected chi connectivity index (χ1v) is 9.88. The van der Waals surface area contributed by atoms with Crippen molar-refractivity contribution in [1.29, 1.82) is 0 Å². The van der Waals surface area contributed by atoms with Gasteiger partial charge in [-0.1, -0.05) is 55.5 Å². The Balaban J connectivity index is 1.95. The summed E-state index contributed by atoms with van der Waals surface area (Å²) in [5.74, 6) is 0.691. The van der Waals surface area contributed by atoms with Crippen LogP contribution in [-0.4, -0.2) is 18.5 Å². The number of carbonyl (C=O) groups is 2. The van der Waals surface area contributed by atoms with Gasteiger partial charge in [-0.3, -0.25) is 9.59 Å². The topological polar surface area (TPSA) is 52.6 Å². The van der Waals surface area contributed by atoms with Crippen LogP contribution in [0.3, 0.4) is 0 Å². The molecule has 1 aromatic rings. The van der Waals surface area contributed by atoms with Gasteiger partial charge in [0.15, 0.2) is 0 Å². The van der Waals surface area contributed by atoms with Crippen LogP contribution in [0.2, 0.25) is 0 Å². The van der Waals surface area contributed by atoms with Crippen molar-refractivity contribution in [3.05, 3.63) is 28.7 Å². The van der Waals surface area contributed by atoms with Gasteiger partial charge < -0.3 is 9.47 Å². The van der Waals surface area contributed by atoms with Crippen molar-refractivity contribution < 1.29 is 19.1 Å². The average molecular weight is 413 g/mol. The molecule has 0 heterocycles. The summed E-state index contributed by atoms with van der Waals surface area (Å²) in [6, 6.07) is 7.24. The molecule has 0 amide bonds. The molecule has 0 unspecified atom stereocenters. The third kappa shape index (κ3) is 11.8. The molecule has 0 bridgehead atoms. The summed E-state index contributed by atoms with van der Waals surface area (Å²) in [5, 5.41) is 0. The summed E-state index contributed by atoms with van der Waals surface area (Å²) in [5.41, 5.74) is 0. The summed E-state index contributed by atoms with van der Waals surface area (Å²) in [6.07, 6.45) is 6.86. The van der Waals surface area contributed by atoms with Gasteiger partial charge in [-0.25, -0.2) is 0 Å². The van der Waals surface area contributed by atoms with Gasteiger partial charge in [0, 0.05) is 17.3 Å². The molecule has 4 nitrogen and oxygen atoms in total. The number of hydrogen-bond acceptors (Lipinski definition) is 4. The van der Waals surface area contributed by atoms with Crippen LogP contribution in [-0.2, 0) is 14.3 Å². The maximum Gasteiger partial charge on any atom is 0.311 e. The molecule has 1 rings (SSSR count). The second kappa shape index (κ2) is 12.9. The summed E-state index contributed by atoms with van der Waals surface area (Å²) in [4.78, 5) is 23.2. The first-order valence-electron chi connectivity index (χ1n) is 9.09. The molecule has 25 heavy (non-hydrogen) atoms. The predicted octanol–water partition coefficient (Wildman–Crippen LogP) is 5.67. The maximum absolute atomic E-state index is 11.7. The summed E-state index contributed by atoms with van der Waals surface area (Å²) < 4.78 is 11.4. The molecule has 0 atom stereocenters. The van der Waals surface area contributed by atoms with Crippen LogP contribution in [0.5, 0.6) is 5.75 Å². The van der Waals surface area contributed by atoms with Crippen LogP contribution in [0.1, 0.15) is 65.2 Å². The van der Waals surface area contributed by atoms with Gasteiger partial charge in [0.2, 0.25) is 0 Å². The number of halogens is 1. The second-order valence-corrected chi connectivity index (χ2v) is 7.54. The molecule has 1 aromatic carbocycles. The van der Waals surface area contributed by atoms with Gasteiger partial charge in [-0.15, -0.1) is 0 Å². The first-order chi connectivity index (χ1) is 12.0. The van der Waals surface area contributed by atoms with Crippen molar-refractivity contribution in [3.63, 3.8) is 0 Å². The third-order valence-corrected chi connectivity index (χ3v) is 4.16. The molecule has 0 radical (unpaired) electrons. The van der Waals surface area contributed by atoms with E-state index in [1.807, 2.05) is 26.0 Å². The molecule has 0 saturated carbocycles. The fourth-order valence-corrected chi connectivity index (χ4v) is 2.53. The zero-order chi connectivity index (χ0) is 18.5. The lowest BCUT2D eigenvalue weighted by atomic mass is 10.1. The van der Waals surface area contributed by atoms with Gasteiger partial charge in [0.1, 0.15) is 5.75 Å². The molecular weight excluding hydrogens is 384 g/mol. The van der Waals surface area contributed by atoms with E-state index in [0.717, 1.165) is 43.0 Å². The predicted molar refractivity (Wildman–Crippen MR) is 103 cm³/mol. The highest BCUT2D eigenvalue weighted by Gasteiger charge is 2.06. The summed E-state index contributed by atoms with van der Waals surface area (Å²) in [6.45, 7) is 4.57. The number of rotatable bonds is 12. The van der Waals surface area contributed by atoms with E-state index in [9.17, 15) is 9.59 Å². The molecule has 0 N–H and O–H groups in total. The minimum absolute atomic E-state index is 0.0932. The lowest BCUT2D eigenvalue weighted by Crippen LogP contribution is -2.09. The lowest BCUT2D eigenvalue weighted by Gasteiger charge is -2.07. The standard InChI is InChI=1S/C20H29BrO4/c1-16(2)15-24-19(22)9-7-5-3-4-6-8-10-20(23)25-18-13-11-17(21)12-14-18/h11-14,16H,3-10,15H2,1-2H3. The largest absolute Gasteiger partial charge is 0.465 e. The SMILES string of the molecule is CC(C)COC(=O)CCCCCCCCC(=O)Oc1ccc(Br)cc1. The summed E-state index contributed by atoms with van der Waals surface area (Å²) >= 11 is 3.34. The van der Waals surface area contributed by atoms with Gasteiger partial charge in [0.25, 0.3) is 0 Å². The van der Waals surface area contributed by atoms with Crippen LogP contribution in [0.4, 0.5) is 0 Å². The zero-order valence-electron chi connectivity index (χ0n) is 15.3. The summed E-state index contributed by atoms with van der Waals surface area (Å²) in [7, 11) is 0. The highest BCUT2D eigenvalue weighted by Crippen LogP contribution is 2.17. The minimum Gasteiger partial charge on any atom is -0.465 e. The number of esters is 2. The number of unbranched alkanes of at least 4 members (excludes halogenated alkanes) is 5. The second-order valence-electron chi connectivity index (χ2n) is 6.63. The Kier molecular flexibility index (Phi) is 11.2. The highest BCUT2D eigenvalue weighted by molar-refractivity contribution is 9.10. The fourth-order valence-electron chi connectivity index (χ4n) is 2.26. The van der Waals surface area contributed by atoms with E-state index in [2.05, 4.69) is 15.9 Å². The molecule has 0 aliphatic rings. The van der Waals surface area contributed by atoms with Crippen molar-refractivity contribution in [2.45, 2.75) is 65.2 Å². The van der Waals surface area contributed by atoms with Crippen LogP contribution in [0.25, 0.3) is 0 Å². The van der Waals surface area contributed by atoms with E-state index in [0.29, 0.717) is 31.1 Å². The number of benzene rings is 1. The molecule has 0 spiro atoms. The number of hydrogen-bond donors (Lipinski definition) is 0. The van der Waals surface area contributed by atoms with E-state index >= 15 is 0 Å². The van der Waals surface area contributed by atoms with E-state index in [1.165, 1.54) is 0 Å². The molecule has 0 fully saturated rings. The van der Waals surface area contributed by atoms with E-state index < -0.39 is 0 Å². The van der Waals surface area contributed by atoms with Crippen molar-refractivity contribution in [3.8, 4) is 5.75 Å². The Morgan fingerprint density at radius 1 is 0.880 bits per heavy atom. The Hall–Kier alpha value is -1.36. The van der Waals surface area contributed by atoms with Crippen LogP contribution in [0, 0.1) is 5.92 Å². The monoisotopic (exact) mass is 412 g/mol. The van der Waals surface area contributed by atoms with Gasteiger partial charge in [-0.2, -0.15) is 0 Å². The minimum atomic E-state index is -0.185. The number of ether oxygens (including phenoxy) is 2. The molecule has 0 aliphatic carbocycles. The number of carbonyl (C=O) groups excluding carboxylic acids is 2. The normalized spacial score (nSPS) is 10.7. The Labute approximate surface area is 159 Å². The van der Waals surface area contributed by atoms with Crippen molar-refractivity contribution >= 4 is 27.9 Å². The maximum atomic E-state index is 11.7. The molecule has 0 saturated heterocycles. The smallest absolute Gasteiger partial charge is 0.311 e.